The maximum absolute atomic E-state index is 12.2. The lowest BCUT2D eigenvalue weighted by atomic mass is 10.2. The van der Waals surface area contributed by atoms with E-state index in [1.807, 2.05) is 52.7 Å². The number of benzene rings is 1. The van der Waals surface area contributed by atoms with Gasteiger partial charge < -0.3 is 20.1 Å². The first-order valence-electron chi connectivity index (χ1n) is 8.46. The van der Waals surface area contributed by atoms with Crippen molar-refractivity contribution in [1.29, 1.82) is 0 Å². The van der Waals surface area contributed by atoms with Crippen LogP contribution in [0.5, 0.6) is 11.5 Å². The highest BCUT2D eigenvalue weighted by Gasteiger charge is 2.16. The van der Waals surface area contributed by atoms with E-state index in [9.17, 15) is 4.79 Å². The quantitative estimate of drug-likeness (QED) is 0.624. The molecule has 27 heavy (non-hydrogen) atoms. The third kappa shape index (κ3) is 4.79. The SMILES string of the molecule is COc1ccc(CNC(=O)NC[C@@H](c2cccs2)n2cccn2)cc1OC. The van der Waals surface area contributed by atoms with Gasteiger partial charge in [0.1, 0.15) is 6.04 Å². The second-order valence-corrected chi connectivity index (χ2v) is 6.75. The van der Waals surface area contributed by atoms with E-state index in [1.54, 1.807) is 31.8 Å². The zero-order chi connectivity index (χ0) is 19.1. The summed E-state index contributed by atoms with van der Waals surface area (Å²) in [7, 11) is 3.18. The second kappa shape index (κ2) is 9.09. The van der Waals surface area contributed by atoms with Crippen molar-refractivity contribution in [3.63, 3.8) is 0 Å². The molecule has 2 N–H and O–H groups in total. The van der Waals surface area contributed by atoms with Crippen molar-refractivity contribution in [2.75, 3.05) is 20.8 Å². The van der Waals surface area contributed by atoms with E-state index in [-0.39, 0.29) is 12.1 Å². The van der Waals surface area contributed by atoms with Crippen LogP contribution in [0.4, 0.5) is 4.79 Å². The summed E-state index contributed by atoms with van der Waals surface area (Å²) in [6, 6.07) is 11.2. The number of ether oxygens (including phenoxy) is 2. The van der Waals surface area contributed by atoms with Crippen molar-refractivity contribution in [3.05, 3.63) is 64.6 Å². The molecule has 2 aromatic heterocycles. The van der Waals surface area contributed by atoms with Crippen LogP contribution in [-0.4, -0.2) is 36.6 Å². The van der Waals surface area contributed by atoms with Gasteiger partial charge in [-0.15, -0.1) is 11.3 Å². The van der Waals surface area contributed by atoms with Gasteiger partial charge in [-0.25, -0.2) is 4.79 Å². The molecule has 3 rings (SSSR count). The molecule has 7 nitrogen and oxygen atoms in total. The summed E-state index contributed by atoms with van der Waals surface area (Å²) in [6.07, 6.45) is 3.63. The summed E-state index contributed by atoms with van der Waals surface area (Å²) >= 11 is 1.64. The summed E-state index contributed by atoms with van der Waals surface area (Å²) in [5.41, 5.74) is 0.921. The molecule has 0 aliphatic heterocycles. The fourth-order valence-corrected chi connectivity index (χ4v) is 3.51. The molecule has 0 bridgehead atoms. The van der Waals surface area contributed by atoms with E-state index in [4.69, 9.17) is 9.47 Å². The van der Waals surface area contributed by atoms with E-state index in [2.05, 4.69) is 15.7 Å². The molecule has 1 atom stereocenters. The molecule has 0 aliphatic carbocycles. The number of rotatable bonds is 8. The molecular weight excluding hydrogens is 364 g/mol. The smallest absolute Gasteiger partial charge is 0.315 e. The number of aromatic nitrogens is 2. The molecule has 1 aromatic carbocycles. The molecule has 0 radical (unpaired) electrons. The predicted molar refractivity (Wildman–Crippen MR) is 104 cm³/mol. The van der Waals surface area contributed by atoms with Gasteiger partial charge in [0.05, 0.1) is 14.2 Å². The Labute approximate surface area is 161 Å². The molecule has 0 aliphatic rings. The fraction of sp³-hybridized carbons (Fsp3) is 0.263. The molecule has 3 aromatic rings. The number of urea groups is 1. The Bertz CT molecular complexity index is 816. The Hall–Kier alpha value is -3.00. The zero-order valence-corrected chi connectivity index (χ0v) is 16.0. The van der Waals surface area contributed by atoms with E-state index in [0.29, 0.717) is 24.6 Å². The monoisotopic (exact) mass is 386 g/mol. The zero-order valence-electron chi connectivity index (χ0n) is 15.2. The van der Waals surface area contributed by atoms with Crippen molar-refractivity contribution in [2.24, 2.45) is 0 Å². The van der Waals surface area contributed by atoms with Gasteiger partial charge in [0, 0.05) is 30.4 Å². The summed E-state index contributed by atoms with van der Waals surface area (Å²) in [5, 5.41) is 12.1. The first kappa shape index (κ1) is 18.8. The predicted octanol–water partition coefficient (Wildman–Crippen LogP) is 3.05. The van der Waals surface area contributed by atoms with Crippen LogP contribution in [0.2, 0.25) is 0 Å². The number of methoxy groups -OCH3 is 2. The number of amides is 2. The lowest BCUT2D eigenvalue weighted by Gasteiger charge is -2.17. The van der Waals surface area contributed by atoms with Crippen LogP contribution in [0, 0.1) is 0 Å². The second-order valence-electron chi connectivity index (χ2n) is 5.77. The third-order valence-corrected chi connectivity index (χ3v) is 5.05. The minimum absolute atomic E-state index is 0.0353. The Kier molecular flexibility index (Phi) is 6.32. The summed E-state index contributed by atoms with van der Waals surface area (Å²) in [6.45, 7) is 0.831. The minimum Gasteiger partial charge on any atom is -0.493 e. The number of hydrogen-bond acceptors (Lipinski definition) is 5. The van der Waals surface area contributed by atoms with Gasteiger partial charge in [-0.05, 0) is 35.2 Å². The molecule has 2 amide bonds. The van der Waals surface area contributed by atoms with E-state index in [1.165, 1.54) is 0 Å². The number of thiophene rings is 1. The van der Waals surface area contributed by atoms with Crippen LogP contribution in [0.25, 0.3) is 0 Å². The van der Waals surface area contributed by atoms with Gasteiger partial charge in [0.2, 0.25) is 0 Å². The largest absolute Gasteiger partial charge is 0.493 e. The lowest BCUT2D eigenvalue weighted by Crippen LogP contribution is -2.38. The van der Waals surface area contributed by atoms with Gasteiger partial charge in [-0.2, -0.15) is 5.10 Å². The van der Waals surface area contributed by atoms with Crippen molar-refractivity contribution < 1.29 is 14.3 Å². The molecule has 2 heterocycles. The summed E-state index contributed by atoms with van der Waals surface area (Å²) < 4.78 is 12.4. The Morgan fingerprint density at radius 2 is 2.04 bits per heavy atom. The van der Waals surface area contributed by atoms with Crippen molar-refractivity contribution in [1.82, 2.24) is 20.4 Å². The van der Waals surface area contributed by atoms with Crippen LogP contribution in [-0.2, 0) is 6.54 Å². The van der Waals surface area contributed by atoms with Gasteiger partial charge in [0.25, 0.3) is 0 Å². The van der Waals surface area contributed by atoms with E-state index in [0.717, 1.165) is 10.4 Å². The van der Waals surface area contributed by atoms with Crippen LogP contribution in [0.1, 0.15) is 16.5 Å². The number of carbonyl (C=O) groups excluding carboxylic acids is 1. The Morgan fingerprint density at radius 3 is 2.70 bits per heavy atom. The average molecular weight is 386 g/mol. The number of carbonyl (C=O) groups is 1. The first-order chi connectivity index (χ1) is 13.2. The van der Waals surface area contributed by atoms with Gasteiger partial charge in [-0.3, -0.25) is 4.68 Å². The minimum atomic E-state index is -0.238. The standard InChI is InChI=1S/C19H22N4O3S/c1-25-16-7-6-14(11-17(16)26-2)12-20-19(24)21-13-15(18-5-3-10-27-18)23-9-4-8-22-23/h3-11,15H,12-13H2,1-2H3,(H2,20,21,24)/t15-/m0/s1. The van der Waals surface area contributed by atoms with Gasteiger partial charge in [0.15, 0.2) is 11.5 Å². The molecule has 142 valence electrons. The van der Waals surface area contributed by atoms with Gasteiger partial charge in [-0.1, -0.05) is 12.1 Å². The van der Waals surface area contributed by atoms with Crippen molar-refractivity contribution in [2.45, 2.75) is 12.6 Å². The highest BCUT2D eigenvalue weighted by molar-refractivity contribution is 7.10. The summed E-state index contributed by atoms with van der Waals surface area (Å²) in [5.74, 6) is 1.29. The third-order valence-electron chi connectivity index (χ3n) is 4.07. The van der Waals surface area contributed by atoms with Crippen molar-refractivity contribution in [3.8, 4) is 11.5 Å². The summed E-state index contributed by atoms with van der Waals surface area (Å²) in [4.78, 5) is 13.4. The maximum atomic E-state index is 12.2. The molecule has 0 spiro atoms. The number of nitrogens with one attached hydrogen (secondary N) is 2. The Balaban J connectivity index is 1.56. The van der Waals surface area contributed by atoms with E-state index < -0.39 is 0 Å². The van der Waals surface area contributed by atoms with Gasteiger partial charge >= 0.3 is 6.03 Å². The van der Waals surface area contributed by atoms with E-state index >= 15 is 0 Å². The normalized spacial score (nSPS) is 11.6. The molecule has 0 fully saturated rings. The van der Waals surface area contributed by atoms with Crippen LogP contribution >= 0.6 is 11.3 Å². The topological polar surface area (TPSA) is 77.4 Å². The lowest BCUT2D eigenvalue weighted by molar-refractivity contribution is 0.239. The Morgan fingerprint density at radius 1 is 1.19 bits per heavy atom. The van der Waals surface area contributed by atoms with Crippen LogP contribution in [0.3, 0.4) is 0 Å². The molecular formula is C19H22N4O3S. The molecule has 0 unspecified atom stereocenters. The molecule has 8 heteroatoms. The number of hydrogen-bond donors (Lipinski definition) is 2. The highest BCUT2D eigenvalue weighted by Crippen LogP contribution is 2.27. The van der Waals surface area contributed by atoms with Crippen LogP contribution < -0.4 is 20.1 Å². The molecule has 0 saturated heterocycles. The van der Waals surface area contributed by atoms with Crippen molar-refractivity contribution >= 4 is 17.4 Å². The molecule has 0 saturated carbocycles. The average Bonchev–Trinajstić information content (AvgIpc) is 3.41. The number of nitrogens with zero attached hydrogens (tertiary/aromatic N) is 2. The first-order valence-corrected chi connectivity index (χ1v) is 9.34. The highest BCUT2D eigenvalue weighted by atomic mass is 32.1. The van der Waals surface area contributed by atoms with Crippen LogP contribution in [0.15, 0.2) is 54.2 Å². The maximum Gasteiger partial charge on any atom is 0.315 e. The fourth-order valence-electron chi connectivity index (χ4n) is 2.70.